The van der Waals surface area contributed by atoms with E-state index in [2.05, 4.69) is 64.1 Å². The summed E-state index contributed by atoms with van der Waals surface area (Å²) in [7, 11) is 1.71. The fourth-order valence-electron chi connectivity index (χ4n) is 2.92. The lowest BCUT2D eigenvalue weighted by atomic mass is 9.74. The predicted octanol–water partition coefficient (Wildman–Crippen LogP) is 4.29. The number of benzene rings is 2. The van der Waals surface area contributed by atoms with Gasteiger partial charge < -0.3 is 10.5 Å². The molecule has 2 heteroatoms. The molecule has 0 aromatic heterocycles. The van der Waals surface area contributed by atoms with Crippen LogP contribution in [0.4, 0.5) is 0 Å². The summed E-state index contributed by atoms with van der Waals surface area (Å²) >= 11 is 0. The zero-order chi connectivity index (χ0) is 15.6. The largest absolute Gasteiger partial charge is 0.496 e. The molecule has 21 heavy (non-hydrogen) atoms. The minimum atomic E-state index is -0.172. The molecule has 2 N–H and O–H groups in total. The number of ether oxygens (including phenoxy) is 1. The Bertz CT molecular complexity index is 617. The van der Waals surface area contributed by atoms with Crippen LogP contribution >= 0.6 is 0 Å². The molecule has 0 spiro atoms. The summed E-state index contributed by atoms with van der Waals surface area (Å²) in [6, 6.07) is 14.5. The van der Waals surface area contributed by atoms with Gasteiger partial charge >= 0.3 is 0 Å². The predicted molar refractivity (Wildman–Crippen MR) is 88.9 cm³/mol. The molecule has 0 bridgehead atoms. The summed E-state index contributed by atoms with van der Waals surface area (Å²) < 4.78 is 5.58. The fraction of sp³-hybridized carbons (Fsp3) is 0.368. The quantitative estimate of drug-likeness (QED) is 0.908. The van der Waals surface area contributed by atoms with E-state index < -0.39 is 0 Å². The van der Waals surface area contributed by atoms with Crippen LogP contribution in [0.2, 0.25) is 0 Å². The van der Waals surface area contributed by atoms with E-state index in [4.69, 9.17) is 10.5 Å². The van der Waals surface area contributed by atoms with Crippen molar-refractivity contribution in [3.05, 3.63) is 64.7 Å². The highest BCUT2D eigenvalue weighted by Crippen LogP contribution is 2.40. The first-order valence-electron chi connectivity index (χ1n) is 7.34. The molecule has 0 heterocycles. The third-order valence-electron chi connectivity index (χ3n) is 4.32. The Morgan fingerprint density at radius 3 is 2.24 bits per heavy atom. The minimum Gasteiger partial charge on any atom is -0.496 e. The maximum atomic E-state index is 6.65. The first-order chi connectivity index (χ1) is 9.87. The zero-order valence-electron chi connectivity index (χ0n) is 13.6. The van der Waals surface area contributed by atoms with Crippen molar-refractivity contribution in [1.29, 1.82) is 0 Å². The molecule has 1 unspecified atom stereocenters. The van der Waals surface area contributed by atoms with Gasteiger partial charge in [-0.15, -0.1) is 0 Å². The molecule has 0 fully saturated rings. The van der Waals surface area contributed by atoms with E-state index in [-0.39, 0.29) is 11.5 Å². The van der Waals surface area contributed by atoms with E-state index in [1.807, 2.05) is 6.07 Å². The Morgan fingerprint density at radius 2 is 1.67 bits per heavy atom. The van der Waals surface area contributed by atoms with Gasteiger partial charge in [0.2, 0.25) is 0 Å². The number of hydrogen-bond acceptors (Lipinski definition) is 2. The monoisotopic (exact) mass is 283 g/mol. The van der Waals surface area contributed by atoms with E-state index in [0.717, 1.165) is 11.3 Å². The first kappa shape index (κ1) is 15.6. The van der Waals surface area contributed by atoms with Crippen LogP contribution < -0.4 is 10.5 Å². The van der Waals surface area contributed by atoms with E-state index in [9.17, 15) is 0 Å². The van der Waals surface area contributed by atoms with Crippen LogP contribution in [0.5, 0.6) is 5.75 Å². The van der Waals surface area contributed by atoms with Gasteiger partial charge in [-0.25, -0.2) is 0 Å². The van der Waals surface area contributed by atoms with Gasteiger partial charge in [0.1, 0.15) is 5.75 Å². The van der Waals surface area contributed by atoms with Gasteiger partial charge in [-0.1, -0.05) is 50.2 Å². The van der Waals surface area contributed by atoms with E-state index in [1.165, 1.54) is 16.7 Å². The van der Waals surface area contributed by atoms with Crippen LogP contribution in [-0.2, 0) is 5.41 Å². The molecule has 0 aliphatic carbocycles. The van der Waals surface area contributed by atoms with Gasteiger partial charge in [-0.05, 0) is 36.6 Å². The van der Waals surface area contributed by atoms with Gasteiger partial charge in [0.05, 0.1) is 7.11 Å². The fourth-order valence-corrected chi connectivity index (χ4v) is 2.92. The molecular weight excluding hydrogens is 258 g/mol. The Kier molecular flexibility index (Phi) is 4.38. The van der Waals surface area contributed by atoms with Crippen LogP contribution in [-0.4, -0.2) is 7.11 Å². The van der Waals surface area contributed by atoms with Crippen molar-refractivity contribution < 1.29 is 4.74 Å². The van der Waals surface area contributed by atoms with Crippen LogP contribution in [0.25, 0.3) is 0 Å². The van der Waals surface area contributed by atoms with E-state index >= 15 is 0 Å². The summed E-state index contributed by atoms with van der Waals surface area (Å²) in [5, 5.41) is 0. The van der Waals surface area contributed by atoms with Crippen LogP contribution in [0.3, 0.4) is 0 Å². The molecule has 0 saturated carbocycles. The molecule has 2 nitrogen and oxygen atoms in total. The highest BCUT2D eigenvalue weighted by Gasteiger charge is 2.32. The Labute approximate surface area is 127 Å². The Morgan fingerprint density at radius 1 is 1.05 bits per heavy atom. The van der Waals surface area contributed by atoms with Gasteiger partial charge in [-0.3, -0.25) is 0 Å². The summed E-state index contributed by atoms with van der Waals surface area (Å²) in [5.74, 6) is 0.879. The lowest BCUT2D eigenvalue weighted by molar-refractivity contribution is 0.374. The summed E-state index contributed by atoms with van der Waals surface area (Å²) in [4.78, 5) is 0. The molecular formula is C19H25NO. The van der Waals surface area contributed by atoms with Crippen molar-refractivity contribution in [2.75, 3.05) is 7.11 Å². The third-order valence-corrected chi connectivity index (χ3v) is 4.32. The second-order valence-electron chi connectivity index (χ2n) is 6.26. The average Bonchev–Trinajstić information content (AvgIpc) is 2.46. The van der Waals surface area contributed by atoms with Crippen LogP contribution in [0, 0.1) is 13.8 Å². The Balaban J connectivity index is 2.52. The van der Waals surface area contributed by atoms with Gasteiger partial charge in [0, 0.05) is 17.0 Å². The number of aryl methyl sites for hydroxylation is 2. The first-order valence-corrected chi connectivity index (χ1v) is 7.34. The molecule has 0 aliphatic heterocycles. The number of hydrogen-bond donors (Lipinski definition) is 1. The molecule has 0 amide bonds. The van der Waals surface area contributed by atoms with Crippen molar-refractivity contribution in [2.45, 2.75) is 39.2 Å². The van der Waals surface area contributed by atoms with Crippen LogP contribution in [0.1, 0.15) is 42.1 Å². The van der Waals surface area contributed by atoms with Crippen molar-refractivity contribution in [2.24, 2.45) is 5.73 Å². The standard InChI is InChI=1S/C19H25NO/c1-13-11-14(2)17(16(12-13)21-5)18(20)19(3,4)15-9-7-6-8-10-15/h6-12,18H,20H2,1-5H3. The number of methoxy groups -OCH3 is 1. The van der Waals surface area contributed by atoms with Crippen molar-refractivity contribution in [3.8, 4) is 5.75 Å². The second-order valence-corrected chi connectivity index (χ2v) is 6.26. The number of nitrogens with two attached hydrogens (primary N) is 1. The maximum Gasteiger partial charge on any atom is 0.124 e. The van der Waals surface area contributed by atoms with Crippen molar-refractivity contribution in [3.63, 3.8) is 0 Å². The highest BCUT2D eigenvalue weighted by atomic mass is 16.5. The molecule has 0 radical (unpaired) electrons. The summed E-state index contributed by atoms with van der Waals surface area (Å²) in [6.45, 7) is 8.55. The van der Waals surface area contributed by atoms with Gasteiger partial charge in [0.15, 0.2) is 0 Å². The highest BCUT2D eigenvalue weighted by molar-refractivity contribution is 5.47. The van der Waals surface area contributed by atoms with E-state index in [0.29, 0.717) is 0 Å². The normalized spacial score (nSPS) is 13.0. The SMILES string of the molecule is COc1cc(C)cc(C)c1C(N)C(C)(C)c1ccccc1. The second kappa shape index (κ2) is 5.90. The van der Waals surface area contributed by atoms with Crippen molar-refractivity contribution >= 4 is 0 Å². The lowest BCUT2D eigenvalue weighted by Gasteiger charge is -2.34. The molecule has 0 aliphatic rings. The van der Waals surface area contributed by atoms with Gasteiger partial charge in [-0.2, -0.15) is 0 Å². The van der Waals surface area contributed by atoms with Crippen molar-refractivity contribution in [1.82, 2.24) is 0 Å². The zero-order valence-corrected chi connectivity index (χ0v) is 13.6. The average molecular weight is 283 g/mol. The molecule has 1 atom stereocenters. The number of rotatable bonds is 4. The molecule has 0 saturated heterocycles. The molecule has 112 valence electrons. The Hall–Kier alpha value is -1.80. The van der Waals surface area contributed by atoms with E-state index in [1.54, 1.807) is 7.11 Å². The molecule has 2 aromatic carbocycles. The lowest BCUT2D eigenvalue weighted by Crippen LogP contribution is -2.34. The smallest absolute Gasteiger partial charge is 0.124 e. The molecule has 2 aromatic rings. The van der Waals surface area contributed by atoms with Crippen LogP contribution in [0.15, 0.2) is 42.5 Å². The minimum absolute atomic E-state index is 0.129. The summed E-state index contributed by atoms with van der Waals surface area (Å²) in [6.07, 6.45) is 0. The summed E-state index contributed by atoms with van der Waals surface area (Å²) in [5.41, 5.74) is 11.2. The molecule has 2 rings (SSSR count). The van der Waals surface area contributed by atoms with Gasteiger partial charge in [0.25, 0.3) is 0 Å². The maximum absolute atomic E-state index is 6.65. The third kappa shape index (κ3) is 2.96. The topological polar surface area (TPSA) is 35.2 Å².